The van der Waals surface area contributed by atoms with Crippen LogP contribution in [-0.4, -0.2) is 42.0 Å². The summed E-state index contributed by atoms with van der Waals surface area (Å²) in [7, 11) is 1.73. The highest BCUT2D eigenvalue weighted by Crippen LogP contribution is 2.52. The molecule has 426 valence electrons. The number of fused-ring (bicyclic) bond motifs is 7. The second-order valence-corrected chi connectivity index (χ2v) is 24.1. The van der Waals surface area contributed by atoms with Gasteiger partial charge in [-0.05, 0) is 192 Å². The topological polar surface area (TPSA) is 84.9 Å². The van der Waals surface area contributed by atoms with Crippen molar-refractivity contribution in [2.24, 2.45) is 0 Å². The van der Waals surface area contributed by atoms with E-state index in [1.54, 1.807) is 14.0 Å². The normalized spacial score (nSPS) is 13.2. The van der Waals surface area contributed by atoms with Crippen LogP contribution in [0.4, 0.5) is 34.1 Å². The zero-order valence-corrected chi connectivity index (χ0v) is 50.0. The van der Waals surface area contributed by atoms with Crippen molar-refractivity contribution in [1.82, 2.24) is 9.97 Å². The molecule has 0 radical (unpaired) electrons. The lowest BCUT2D eigenvalue weighted by atomic mass is 9.82. The van der Waals surface area contributed by atoms with Crippen molar-refractivity contribution in [3.63, 3.8) is 0 Å². The molecule has 12 rings (SSSR count). The lowest BCUT2D eigenvalue weighted by Gasteiger charge is -2.28. The molecule has 0 amide bonds. The van der Waals surface area contributed by atoms with Gasteiger partial charge in [-0.1, -0.05) is 149 Å². The van der Waals surface area contributed by atoms with Gasteiger partial charge in [0.15, 0.2) is 0 Å². The van der Waals surface area contributed by atoms with E-state index in [1.807, 2.05) is 0 Å². The summed E-state index contributed by atoms with van der Waals surface area (Å²) in [5.74, 6) is 0.0284. The van der Waals surface area contributed by atoms with Gasteiger partial charge in [0, 0.05) is 82.6 Å². The van der Waals surface area contributed by atoms with Gasteiger partial charge in [-0.25, -0.2) is 9.97 Å². The first-order valence-corrected chi connectivity index (χ1v) is 30.2. The van der Waals surface area contributed by atoms with Gasteiger partial charge in [0.2, 0.25) is 0 Å². The number of anilines is 6. The molecule has 0 bridgehead atoms. The number of Topliss-reactive ketones (excluding diaryl/α,β-unsaturated/α-hetero) is 1. The number of nitrogens with zero attached hydrogens (tertiary/aromatic N) is 4. The highest BCUT2D eigenvalue weighted by Gasteiger charge is 2.37. The van der Waals surface area contributed by atoms with Gasteiger partial charge in [0.1, 0.15) is 5.78 Å². The van der Waals surface area contributed by atoms with Crippen LogP contribution in [0.15, 0.2) is 200 Å². The minimum Gasteiger partial charge on any atom is -0.466 e. The smallest absolute Gasteiger partial charge is 0.306 e. The van der Waals surface area contributed by atoms with E-state index in [0.29, 0.717) is 32.3 Å². The van der Waals surface area contributed by atoms with Crippen LogP contribution in [0.5, 0.6) is 0 Å². The first-order valence-electron chi connectivity index (χ1n) is 30.2. The van der Waals surface area contributed by atoms with E-state index in [-0.39, 0.29) is 22.6 Å². The molecule has 8 heteroatoms. The number of methoxy groups -OCH3 is 1. The molecule has 0 unspecified atom stereocenters. The maximum atomic E-state index is 12.8. The highest BCUT2D eigenvalue weighted by atomic mass is 16.5. The van der Waals surface area contributed by atoms with Crippen molar-refractivity contribution < 1.29 is 19.1 Å². The second kappa shape index (κ2) is 23.9. The molecule has 0 spiro atoms. The van der Waals surface area contributed by atoms with Crippen molar-refractivity contribution in [3.05, 3.63) is 239 Å². The molecule has 8 nitrogen and oxygen atoms in total. The van der Waals surface area contributed by atoms with Crippen LogP contribution in [0.2, 0.25) is 0 Å². The summed E-state index contributed by atoms with van der Waals surface area (Å²) in [6, 6.07) is 72.3. The standard InChI is InChI=1S/C77H74N4O4/c1-51-20-44-71-72(48-51)79-75(56-30-38-60(39-31-56)80(57-32-23-53(24-33-57)22-21-52(2)82)61-40-42-65-63-16-10-12-18-67(63)76(3,4)69(65)49-61)74(78-71)55-28-36-59(37-29-55)81(62-41-43-66-64-17-11-13-19-68(64)77(5,6)70(66)50-62)58-34-25-54(26-35-58)27-45-73(83)85-47-15-9-8-14-46-84-7/h10-13,16-20,23-26,28-44,48-50H,8-9,14-15,21-22,27,45-47H2,1-7H3. The third-order valence-electron chi connectivity index (χ3n) is 17.5. The Morgan fingerprint density at radius 3 is 1.34 bits per heavy atom. The number of unbranched alkanes of at least 4 members (excludes halogenated alkanes) is 3. The molecule has 10 aromatic rings. The van der Waals surface area contributed by atoms with Gasteiger partial charge >= 0.3 is 5.97 Å². The van der Waals surface area contributed by atoms with E-state index in [0.717, 1.165) is 117 Å². The van der Waals surface area contributed by atoms with E-state index in [1.165, 1.54) is 44.5 Å². The number of ketones is 1. The lowest BCUT2D eigenvalue weighted by Crippen LogP contribution is -2.16. The predicted molar refractivity (Wildman–Crippen MR) is 348 cm³/mol. The Morgan fingerprint density at radius 1 is 0.435 bits per heavy atom. The fourth-order valence-electron chi connectivity index (χ4n) is 12.8. The molecule has 0 atom stereocenters. The number of hydrogen-bond acceptors (Lipinski definition) is 8. The first kappa shape index (κ1) is 56.5. The first-order chi connectivity index (χ1) is 41.2. The van der Waals surface area contributed by atoms with E-state index < -0.39 is 0 Å². The Morgan fingerprint density at radius 2 is 0.859 bits per heavy atom. The number of rotatable bonds is 21. The largest absolute Gasteiger partial charge is 0.466 e. The minimum atomic E-state index is -0.185. The van der Waals surface area contributed by atoms with E-state index in [4.69, 9.17) is 19.4 Å². The quantitative estimate of drug-likeness (QED) is 0.0520. The van der Waals surface area contributed by atoms with Crippen LogP contribution in [0, 0.1) is 6.92 Å². The molecule has 9 aromatic carbocycles. The number of ether oxygens (including phenoxy) is 2. The number of benzene rings is 9. The maximum absolute atomic E-state index is 12.8. The van der Waals surface area contributed by atoms with Crippen molar-refractivity contribution in [3.8, 4) is 44.8 Å². The van der Waals surface area contributed by atoms with Crippen LogP contribution < -0.4 is 9.80 Å². The summed E-state index contributed by atoms with van der Waals surface area (Å²) >= 11 is 0. The Labute approximate surface area is 501 Å². The number of aromatic nitrogens is 2. The van der Waals surface area contributed by atoms with Crippen LogP contribution in [0.3, 0.4) is 0 Å². The van der Waals surface area contributed by atoms with E-state index in [2.05, 4.69) is 245 Å². The zero-order chi connectivity index (χ0) is 58.8. The Bertz CT molecular complexity index is 4090. The fourth-order valence-corrected chi connectivity index (χ4v) is 12.8. The monoisotopic (exact) mass is 1120 g/mol. The molecular weight excluding hydrogens is 1040 g/mol. The molecule has 85 heavy (non-hydrogen) atoms. The molecule has 0 aliphatic heterocycles. The molecule has 1 aromatic heterocycles. The van der Waals surface area contributed by atoms with Gasteiger partial charge in [-0.15, -0.1) is 0 Å². The van der Waals surface area contributed by atoms with Gasteiger partial charge in [0.05, 0.1) is 29.0 Å². The van der Waals surface area contributed by atoms with Crippen molar-refractivity contribution in [2.75, 3.05) is 30.1 Å². The van der Waals surface area contributed by atoms with Crippen molar-refractivity contribution in [1.29, 1.82) is 0 Å². The number of esters is 1. The Hall–Kier alpha value is -8.98. The summed E-state index contributed by atoms with van der Waals surface area (Å²) in [5, 5.41) is 0. The lowest BCUT2D eigenvalue weighted by molar-refractivity contribution is -0.143. The molecule has 0 saturated heterocycles. The van der Waals surface area contributed by atoms with Gasteiger partial charge in [0.25, 0.3) is 0 Å². The highest BCUT2D eigenvalue weighted by molar-refractivity contribution is 5.91. The summed E-state index contributed by atoms with van der Waals surface area (Å²) in [6.07, 6.45) is 6.15. The van der Waals surface area contributed by atoms with Crippen LogP contribution in [0.25, 0.3) is 55.8 Å². The number of hydrogen-bond donors (Lipinski definition) is 0. The molecular formula is C77H74N4O4. The fraction of sp³-hybridized carbons (Fsp3) is 0.247. The average Bonchev–Trinajstić information content (AvgIpc) is 1.93. The van der Waals surface area contributed by atoms with E-state index in [9.17, 15) is 9.59 Å². The van der Waals surface area contributed by atoms with Gasteiger partial charge < -0.3 is 24.1 Å². The van der Waals surface area contributed by atoms with Crippen LogP contribution in [-0.2, 0) is 42.7 Å². The Balaban J connectivity index is 0.882. The zero-order valence-electron chi connectivity index (χ0n) is 50.0. The average molecular weight is 1120 g/mol. The van der Waals surface area contributed by atoms with Gasteiger partial charge in [-0.3, -0.25) is 4.79 Å². The molecule has 1 heterocycles. The number of carbonyl (C=O) groups excluding carboxylic acids is 2. The molecule has 2 aliphatic rings. The third kappa shape index (κ3) is 11.4. The molecule has 2 aliphatic carbocycles. The van der Waals surface area contributed by atoms with Crippen molar-refractivity contribution in [2.45, 2.75) is 104 Å². The third-order valence-corrected chi connectivity index (χ3v) is 17.5. The predicted octanol–water partition coefficient (Wildman–Crippen LogP) is 19.0. The second-order valence-electron chi connectivity index (χ2n) is 24.1. The van der Waals surface area contributed by atoms with Crippen molar-refractivity contribution >= 4 is 56.9 Å². The molecule has 0 saturated carbocycles. The van der Waals surface area contributed by atoms with Gasteiger partial charge in [-0.2, -0.15) is 0 Å². The number of carbonyl (C=O) groups is 2. The van der Waals surface area contributed by atoms with E-state index >= 15 is 0 Å². The maximum Gasteiger partial charge on any atom is 0.306 e. The summed E-state index contributed by atoms with van der Waals surface area (Å²) in [4.78, 5) is 40.3. The Kier molecular flexibility index (Phi) is 15.9. The summed E-state index contributed by atoms with van der Waals surface area (Å²) in [5.41, 5.74) is 24.7. The molecule has 0 N–H and O–H groups in total. The summed E-state index contributed by atoms with van der Waals surface area (Å²) < 4.78 is 10.8. The minimum absolute atomic E-state index is 0.162. The van der Waals surface area contributed by atoms with Crippen LogP contribution >= 0.6 is 0 Å². The molecule has 0 fully saturated rings. The number of aryl methyl sites for hydroxylation is 3. The summed E-state index contributed by atoms with van der Waals surface area (Å²) in [6.45, 7) is 14.3. The van der Waals surface area contributed by atoms with Crippen LogP contribution in [0.1, 0.15) is 112 Å². The SMILES string of the molecule is COCCCCCCOC(=O)CCc1ccc(N(c2ccc(-c3nc4ccc(C)cc4nc3-c3ccc(N(c4ccc(CCC(C)=O)cc4)c4ccc5c(c4)C(C)(C)c4ccccc4-5)cc3)cc2)c2ccc3c(c2)C(C)(C)c2ccccc2-3)cc1.